The first-order chi connectivity index (χ1) is 7.27. The molecule has 0 spiro atoms. The average Bonchev–Trinajstić information content (AvgIpc) is 2.72. The van der Waals surface area contributed by atoms with E-state index in [4.69, 9.17) is 0 Å². The Morgan fingerprint density at radius 3 is 2.93 bits per heavy atom. The zero-order chi connectivity index (χ0) is 11.1. The highest BCUT2D eigenvalue weighted by Crippen LogP contribution is 2.12. The molecule has 0 aromatic carbocycles. The Morgan fingerprint density at radius 2 is 2.33 bits per heavy atom. The Bertz CT molecular complexity index is 312. The topological polar surface area (TPSA) is 29.9 Å². The highest BCUT2D eigenvalue weighted by molar-refractivity contribution is 5.62. The van der Waals surface area contributed by atoms with Crippen LogP contribution in [0.1, 0.15) is 32.8 Å². The van der Waals surface area contributed by atoms with Crippen molar-refractivity contribution in [2.45, 2.75) is 33.7 Å². The van der Waals surface area contributed by atoms with Crippen molar-refractivity contribution in [3.63, 3.8) is 0 Å². The first kappa shape index (κ1) is 12.0. The van der Waals surface area contributed by atoms with Crippen molar-refractivity contribution in [3.8, 4) is 0 Å². The highest BCUT2D eigenvalue weighted by Gasteiger charge is 1.98. The molecule has 0 fully saturated rings. The van der Waals surface area contributed by atoms with Crippen LogP contribution in [-0.4, -0.2) is 22.9 Å². The molecule has 3 nitrogen and oxygen atoms in total. The first-order valence-corrected chi connectivity index (χ1v) is 5.68. The molecule has 0 unspecified atom stereocenters. The summed E-state index contributed by atoms with van der Waals surface area (Å²) in [5.74, 6) is 0. The van der Waals surface area contributed by atoms with Crippen LogP contribution in [0.3, 0.4) is 0 Å². The van der Waals surface area contributed by atoms with Crippen molar-refractivity contribution < 1.29 is 0 Å². The number of hydrogen-bond acceptors (Lipinski definition) is 2. The summed E-state index contributed by atoms with van der Waals surface area (Å²) in [6, 6.07) is 0. The van der Waals surface area contributed by atoms with Crippen molar-refractivity contribution in [1.82, 2.24) is 15.1 Å². The average molecular weight is 207 g/mol. The Morgan fingerprint density at radius 1 is 1.53 bits per heavy atom. The molecule has 1 rings (SSSR count). The van der Waals surface area contributed by atoms with E-state index in [1.54, 1.807) is 0 Å². The van der Waals surface area contributed by atoms with Gasteiger partial charge in [0.2, 0.25) is 0 Å². The Balaban J connectivity index is 2.47. The van der Waals surface area contributed by atoms with Gasteiger partial charge >= 0.3 is 0 Å². The molecule has 84 valence electrons. The van der Waals surface area contributed by atoms with Crippen LogP contribution < -0.4 is 5.32 Å². The lowest BCUT2D eigenvalue weighted by Gasteiger charge is -1.99. The molecular weight excluding hydrogens is 186 g/mol. The molecule has 1 aromatic rings. The molecule has 0 atom stereocenters. The molecule has 0 aliphatic carbocycles. The monoisotopic (exact) mass is 207 g/mol. The third kappa shape index (κ3) is 3.88. The summed E-state index contributed by atoms with van der Waals surface area (Å²) in [5, 5.41) is 7.57. The van der Waals surface area contributed by atoms with Crippen LogP contribution in [0.4, 0.5) is 0 Å². The number of nitrogens with one attached hydrogen (secondary N) is 1. The minimum atomic E-state index is 0.935. The van der Waals surface area contributed by atoms with E-state index in [2.05, 4.69) is 43.5 Å². The van der Waals surface area contributed by atoms with Crippen LogP contribution in [0.15, 0.2) is 18.5 Å². The number of allylic oxidation sites excluding steroid dienone is 1. The Hall–Kier alpha value is -1.09. The van der Waals surface area contributed by atoms with Gasteiger partial charge in [-0.2, -0.15) is 5.10 Å². The third-order valence-corrected chi connectivity index (χ3v) is 2.43. The summed E-state index contributed by atoms with van der Waals surface area (Å²) in [6.07, 6.45) is 7.37. The lowest BCUT2D eigenvalue weighted by Crippen LogP contribution is -2.13. The first-order valence-electron chi connectivity index (χ1n) is 5.68. The van der Waals surface area contributed by atoms with E-state index >= 15 is 0 Å². The molecule has 0 saturated carbocycles. The largest absolute Gasteiger partial charge is 0.317 e. The smallest absolute Gasteiger partial charge is 0.0564 e. The van der Waals surface area contributed by atoms with Crippen molar-refractivity contribution in [2.75, 3.05) is 13.1 Å². The molecule has 1 N–H and O–H groups in total. The van der Waals surface area contributed by atoms with E-state index in [1.165, 1.54) is 11.1 Å². The van der Waals surface area contributed by atoms with Gasteiger partial charge in [0.15, 0.2) is 0 Å². The van der Waals surface area contributed by atoms with Crippen molar-refractivity contribution >= 4 is 5.57 Å². The van der Waals surface area contributed by atoms with Crippen LogP contribution in [0.5, 0.6) is 0 Å². The lowest BCUT2D eigenvalue weighted by atomic mass is 10.1. The Labute approximate surface area is 92.2 Å². The van der Waals surface area contributed by atoms with E-state index in [1.807, 2.05) is 10.9 Å². The molecule has 15 heavy (non-hydrogen) atoms. The van der Waals surface area contributed by atoms with Gasteiger partial charge in [-0.05, 0) is 38.9 Å². The maximum Gasteiger partial charge on any atom is 0.0564 e. The minimum Gasteiger partial charge on any atom is -0.317 e. The second-order valence-electron chi connectivity index (χ2n) is 3.61. The molecule has 0 bridgehead atoms. The highest BCUT2D eigenvalue weighted by atomic mass is 15.3. The SMILES string of the molecule is CCNCCC=C(C)c1cnn(CC)c1. The van der Waals surface area contributed by atoms with E-state index in [9.17, 15) is 0 Å². The fourth-order valence-corrected chi connectivity index (χ4v) is 1.43. The van der Waals surface area contributed by atoms with Gasteiger partial charge in [-0.15, -0.1) is 0 Å². The number of nitrogens with zero attached hydrogens (tertiary/aromatic N) is 2. The van der Waals surface area contributed by atoms with Crippen LogP contribution in [0.2, 0.25) is 0 Å². The van der Waals surface area contributed by atoms with Crippen LogP contribution in [-0.2, 0) is 6.54 Å². The normalized spacial score (nSPS) is 12.1. The number of rotatable bonds is 6. The van der Waals surface area contributed by atoms with E-state index in [0.717, 1.165) is 26.1 Å². The summed E-state index contributed by atoms with van der Waals surface area (Å²) in [4.78, 5) is 0. The Kier molecular flexibility index (Phi) is 5.12. The van der Waals surface area contributed by atoms with Crippen molar-refractivity contribution in [2.24, 2.45) is 0 Å². The molecule has 3 heteroatoms. The predicted molar refractivity (Wildman–Crippen MR) is 64.7 cm³/mol. The van der Waals surface area contributed by atoms with E-state index < -0.39 is 0 Å². The maximum atomic E-state index is 4.26. The standard InChI is InChI=1S/C12H21N3/c1-4-13-8-6-7-11(3)12-9-14-15(5-2)10-12/h7,9-10,13H,4-6,8H2,1-3H3. The van der Waals surface area contributed by atoms with Crippen molar-refractivity contribution in [3.05, 3.63) is 24.0 Å². The van der Waals surface area contributed by atoms with Crippen LogP contribution >= 0.6 is 0 Å². The number of aryl methyl sites for hydroxylation is 1. The minimum absolute atomic E-state index is 0.935. The summed E-state index contributed by atoms with van der Waals surface area (Å²) in [6.45, 7) is 9.40. The lowest BCUT2D eigenvalue weighted by molar-refractivity contribution is 0.659. The summed E-state index contributed by atoms with van der Waals surface area (Å²) in [5.41, 5.74) is 2.54. The van der Waals surface area contributed by atoms with Crippen LogP contribution in [0, 0.1) is 0 Å². The zero-order valence-electron chi connectivity index (χ0n) is 9.95. The molecule has 1 heterocycles. The molecule has 0 aliphatic heterocycles. The fraction of sp³-hybridized carbons (Fsp3) is 0.583. The number of hydrogen-bond donors (Lipinski definition) is 1. The molecule has 0 radical (unpaired) electrons. The summed E-state index contributed by atoms with van der Waals surface area (Å²) >= 11 is 0. The second-order valence-corrected chi connectivity index (χ2v) is 3.61. The van der Waals surface area contributed by atoms with Gasteiger partial charge in [-0.25, -0.2) is 0 Å². The van der Waals surface area contributed by atoms with E-state index in [0.29, 0.717) is 0 Å². The third-order valence-electron chi connectivity index (χ3n) is 2.43. The molecule has 0 saturated heterocycles. The summed E-state index contributed by atoms with van der Waals surface area (Å²) in [7, 11) is 0. The maximum absolute atomic E-state index is 4.26. The second kappa shape index (κ2) is 6.40. The molecule has 1 aromatic heterocycles. The van der Waals surface area contributed by atoms with Gasteiger partial charge < -0.3 is 5.32 Å². The van der Waals surface area contributed by atoms with Crippen molar-refractivity contribution in [1.29, 1.82) is 0 Å². The predicted octanol–water partition coefficient (Wildman–Crippen LogP) is 2.31. The molecule has 0 amide bonds. The van der Waals surface area contributed by atoms with Gasteiger partial charge in [-0.1, -0.05) is 13.0 Å². The van der Waals surface area contributed by atoms with Gasteiger partial charge in [-0.3, -0.25) is 4.68 Å². The zero-order valence-corrected chi connectivity index (χ0v) is 9.95. The van der Waals surface area contributed by atoms with Gasteiger partial charge in [0, 0.05) is 18.3 Å². The van der Waals surface area contributed by atoms with Gasteiger partial charge in [0.1, 0.15) is 0 Å². The summed E-state index contributed by atoms with van der Waals surface area (Å²) < 4.78 is 1.96. The number of aromatic nitrogens is 2. The van der Waals surface area contributed by atoms with Gasteiger partial charge in [0.25, 0.3) is 0 Å². The fourth-order valence-electron chi connectivity index (χ4n) is 1.43. The van der Waals surface area contributed by atoms with Gasteiger partial charge in [0.05, 0.1) is 6.20 Å². The quantitative estimate of drug-likeness (QED) is 0.725. The van der Waals surface area contributed by atoms with E-state index in [-0.39, 0.29) is 0 Å². The van der Waals surface area contributed by atoms with Crippen LogP contribution in [0.25, 0.3) is 5.57 Å². The molecule has 0 aliphatic rings. The molecular formula is C12H21N3.